The third-order valence-electron chi connectivity index (χ3n) is 6.11. The molecule has 0 aromatic heterocycles. The summed E-state index contributed by atoms with van der Waals surface area (Å²) in [6.07, 6.45) is 3.58. The molecular formula is C26H29N. The highest BCUT2D eigenvalue weighted by Crippen LogP contribution is 2.39. The van der Waals surface area contributed by atoms with Crippen LogP contribution >= 0.6 is 0 Å². The van der Waals surface area contributed by atoms with Gasteiger partial charge in [0.25, 0.3) is 0 Å². The van der Waals surface area contributed by atoms with E-state index in [0.717, 1.165) is 26.1 Å². The summed E-state index contributed by atoms with van der Waals surface area (Å²) in [4.78, 5) is 2.62. The van der Waals surface area contributed by atoms with E-state index in [2.05, 4.69) is 96.8 Å². The van der Waals surface area contributed by atoms with Crippen molar-refractivity contribution in [3.63, 3.8) is 0 Å². The fourth-order valence-electron chi connectivity index (χ4n) is 4.44. The van der Waals surface area contributed by atoms with Gasteiger partial charge in [-0.3, -0.25) is 4.90 Å². The fraction of sp³-hybridized carbons (Fsp3) is 0.308. The number of nitrogens with zero attached hydrogens (tertiary/aromatic N) is 1. The van der Waals surface area contributed by atoms with Crippen molar-refractivity contribution in [1.29, 1.82) is 0 Å². The minimum atomic E-state index is 0.252. The molecule has 0 unspecified atom stereocenters. The van der Waals surface area contributed by atoms with E-state index < -0.39 is 0 Å². The maximum Gasteiger partial charge on any atom is 0.0233 e. The van der Waals surface area contributed by atoms with Gasteiger partial charge >= 0.3 is 0 Å². The summed E-state index contributed by atoms with van der Waals surface area (Å²) in [5, 5.41) is 0. The highest BCUT2D eigenvalue weighted by molar-refractivity contribution is 5.32. The maximum absolute atomic E-state index is 2.62. The lowest BCUT2D eigenvalue weighted by atomic mass is 9.69. The van der Waals surface area contributed by atoms with Crippen molar-refractivity contribution >= 4 is 0 Å². The van der Waals surface area contributed by atoms with E-state index in [1.54, 1.807) is 0 Å². The molecule has 3 aromatic carbocycles. The van der Waals surface area contributed by atoms with Gasteiger partial charge in [-0.2, -0.15) is 0 Å². The molecule has 0 bridgehead atoms. The molecule has 3 aromatic rings. The summed E-state index contributed by atoms with van der Waals surface area (Å²) >= 11 is 0. The Kier molecular flexibility index (Phi) is 5.40. The predicted molar refractivity (Wildman–Crippen MR) is 114 cm³/mol. The van der Waals surface area contributed by atoms with Crippen molar-refractivity contribution in [3.8, 4) is 0 Å². The Morgan fingerprint density at radius 2 is 1.26 bits per heavy atom. The average molecular weight is 356 g/mol. The van der Waals surface area contributed by atoms with Gasteiger partial charge in [0.2, 0.25) is 0 Å². The number of piperidine rings is 1. The quantitative estimate of drug-likeness (QED) is 0.561. The standard InChI is InChI=1S/C26H29N/c1-22-12-14-25(15-13-22)26(20-23-8-4-2-5-9-23)16-18-27(19-17-26)21-24-10-6-3-7-11-24/h2-15H,16-21H2,1H3. The largest absolute Gasteiger partial charge is 0.299 e. The van der Waals surface area contributed by atoms with E-state index >= 15 is 0 Å². The Bertz CT molecular complexity index is 828. The Morgan fingerprint density at radius 1 is 0.704 bits per heavy atom. The number of likely N-dealkylation sites (tertiary alicyclic amines) is 1. The smallest absolute Gasteiger partial charge is 0.0233 e. The Morgan fingerprint density at radius 3 is 1.85 bits per heavy atom. The Balaban J connectivity index is 1.54. The third-order valence-corrected chi connectivity index (χ3v) is 6.11. The van der Waals surface area contributed by atoms with Crippen molar-refractivity contribution in [2.24, 2.45) is 0 Å². The van der Waals surface area contributed by atoms with Gasteiger partial charge < -0.3 is 0 Å². The van der Waals surface area contributed by atoms with Crippen LogP contribution in [-0.4, -0.2) is 18.0 Å². The molecule has 4 rings (SSSR count). The van der Waals surface area contributed by atoms with Gasteiger partial charge in [0.1, 0.15) is 0 Å². The van der Waals surface area contributed by atoms with E-state index in [1.807, 2.05) is 0 Å². The minimum Gasteiger partial charge on any atom is -0.299 e. The lowest BCUT2D eigenvalue weighted by molar-refractivity contribution is 0.151. The normalized spacial score (nSPS) is 16.9. The predicted octanol–water partition coefficient (Wildman–Crippen LogP) is 5.77. The molecule has 1 aliphatic heterocycles. The van der Waals surface area contributed by atoms with E-state index in [1.165, 1.54) is 35.1 Å². The second-order valence-electron chi connectivity index (χ2n) is 8.07. The van der Waals surface area contributed by atoms with E-state index in [-0.39, 0.29) is 5.41 Å². The van der Waals surface area contributed by atoms with Crippen molar-refractivity contribution in [1.82, 2.24) is 4.90 Å². The lowest BCUT2D eigenvalue weighted by Gasteiger charge is -2.43. The van der Waals surface area contributed by atoms with Crippen LogP contribution in [0.4, 0.5) is 0 Å². The Labute approximate surface area is 163 Å². The van der Waals surface area contributed by atoms with Crippen LogP contribution in [0.5, 0.6) is 0 Å². The minimum absolute atomic E-state index is 0.252. The molecule has 0 spiro atoms. The van der Waals surface area contributed by atoms with Crippen molar-refractivity contribution in [2.75, 3.05) is 13.1 Å². The van der Waals surface area contributed by atoms with Crippen LogP contribution in [0.3, 0.4) is 0 Å². The molecule has 0 amide bonds. The first kappa shape index (κ1) is 18.0. The summed E-state index contributed by atoms with van der Waals surface area (Å²) in [5.74, 6) is 0. The molecular weight excluding hydrogens is 326 g/mol. The number of benzene rings is 3. The van der Waals surface area contributed by atoms with Gasteiger partial charge in [-0.1, -0.05) is 90.5 Å². The SMILES string of the molecule is Cc1ccc(C2(Cc3ccccc3)CCN(Cc3ccccc3)CC2)cc1. The summed E-state index contributed by atoms with van der Waals surface area (Å²) < 4.78 is 0. The molecule has 1 saturated heterocycles. The van der Waals surface area contributed by atoms with Gasteiger partial charge in [0.15, 0.2) is 0 Å². The molecule has 1 heteroatoms. The zero-order valence-electron chi connectivity index (χ0n) is 16.3. The maximum atomic E-state index is 2.62. The summed E-state index contributed by atoms with van der Waals surface area (Å²) in [6, 6.07) is 31.2. The monoisotopic (exact) mass is 355 g/mol. The van der Waals surface area contributed by atoms with Crippen molar-refractivity contribution in [3.05, 3.63) is 107 Å². The van der Waals surface area contributed by atoms with Crippen LogP contribution in [0, 0.1) is 6.92 Å². The molecule has 0 atom stereocenters. The summed E-state index contributed by atoms with van der Waals surface area (Å²) in [5.41, 5.74) is 5.98. The topological polar surface area (TPSA) is 3.24 Å². The molecule has 0 radical (unpaired) electrons. The van der Waals surface area contributed by atoms with Crippen LogP contribution in [0.2, 0.25) is 0 Å². The van der Waals surface area contributed by atoms with Gasteiger partial charge in [0, 0.05) is 12.0 Å². The van der Waals surface area contributed by atoms with Gasteiger partial charge in [-0.25, -0.2) is 0 Å². The highest BCUT2D eigenvalue weighted by Gasteiger charge is 2.36. The molecule has 1 fully saturated rings. The molecule has 1 aliphatic rings. The summed E-state index contributed by atoms with van der Waals surface area (Å²) in [7, 11) is 0. The van der Waals surface area contributed by atoms with Gasteiger partial charge in [-0.15, -0.1) is 0 Å². The zero-order valence-corrected chi connectivity index (χ0v) is 16.3. The molecule has 1 heterocycles. The van der Waals surface area contributed by atoms with Crippen LogP contribution in [-0.2, 0) is 18.4 Å². The van der Waals surface area contributed by atoms with Crippen LogP contribution < -0.4 is 0 Å². The second kappa shape index (κ2) is 8.10. The summed E-state index contributed by atoms with van der Waals surface area (Å²) in [6.45, 7) is 5.57. The van der Waals surface area contributed by atoms with Gasteiger partial charge in [-0.05, 0) is 56.0 Å². The molecule has 0 aliphatic carbocycles. The van der Waals surface area contributed by atoms with Crippen LogP contribution in [0.15, 0.2) is 84.9 Å². The zero-order chi connectivity index (χ0) is 18.5. The number of rotatable bonds is 5. The number of hydrogen-bond acceptors (Lipinski definition) is 1. The molecule has 138 valence electrons. The molecule has 27 heavy (non-hydrogen) atoms. The first-order valence-corrected chi connectivity index (χ1v) is 10.1. The second-order valence-corrected chi connectivity index (χ2v) is 8.07. The molecule has 1 nitrogen and oxygen atoms in total. The van der Waals surface area contributed by atoms with Crippen LogP contribution in [0.25, 0.3) is 0 Å². The Hall–Kier alpha value is -2.38. The number of aryl methyl sites for hydroxylation is 1. The third kappa shape index (κ3) is 4.31. The van der Waals surface area contributed by atoms with Gasteiger partial charge in [0.05, 0.1) is 0 Å². The van der Waals surface area contributed by atoms with E-state index in [9.17, 15) is 0 Å². The molecule has 0 N–H and O–H groups in total. The number of hydrogen-bond donors (Lipinski definition) is 0. The van der Waals surface area contributed by atoms with E-state index in [0.29, 0.717) is 0 Å². The first-order valence-electron chi connectivity index (χ1n) is 10.1. The van der Waals surface area contributed by atoms with Crippen molar-refractivity contribution in [2.45, 2.75) is 38.1 Å². The molecule has 0 saturated carbocycles. The van der Waals surface area contributed by atoms with Crippen molar-refractivity contribution < 1.29 is 0 Å². The van der Waals surface area contributed by atoms with Crippen LogP contribution in [0.1, 0.15) is 35.1 Å². The van der Waals surface area contributed by atoms with E-state index in [4.69, 9.17) is 0 Å². The first-order chi connectivity index (χ1) is 13.2. The average Bonchev–Trinajstić information content (AvgIpc) is 2.72. The highest BCUT2D eigenvalue weighted by atomic mass is 15.1. The lowest BCUT2D eigenvalue weighted by Crippen LogP contribution is -2.43. The fourth-order valence-corrected chi connectivity index (χ4v) is 4.44.